The molecule has 0 saturated carbocycles. The van der Waals surface area contributed by atoms with Gasteiger partial charge in [-0.15, -0.1) is 51.5 Å². The number of hydrogen-bond donors (Lipinski definition) is 8. The summed E-state index contributed by atoms with van der Waals surface area (Å²) in [6.45, 7) is 1.21. The highest BCUT2D eigenvalue weighted by molar-refractivity contribution is 7.99. The molecule has 0 aliphatic rings. The molecule has 1 aromatic heterocycles. The fourth-order valence-electron chi connectivity index (χ4n) is 5.81. The van der Waals surface area contributed by atoms with E-state index in [1.807, 2.05) is 0 Å². The van der Waals surface area contributed by atoms with Crippen LogP contribution >= 0.6 is 23.5 Å². The number of benzene rings is 4. The molecular formula is C37H42N12O20S8. The van der Waals surface area contributed by atoms with Crippen molar-refractivity contribution in [3.8, 4) is 0 Å². The van der Waals surface area contributed by atoms with E-state index in [1.54, 1.807) is 6.92 Å². The predicted octanol–water partition coefficient (Wildman–Crippen LogP) is 5.54. The number of nitrogens with two attached hydrogens (primary N) is 1. The fraction of sp³-hybridized carbons (Fsp3) is 0.270. The lowest BCUT2D eigenvalue weighted by Crippen LogP contribution is -2.27. The number of thioether (sulfide) groups is 2. The summed E-state index contributed by atoms with van der Waals surface area (Å²) in [6, 6.07) is 13.1. The van der Waals surface area contributed by atoms with Crippen molar-refractivity contribution in [2.24, 2.45) is 20.5 Å². The summed E-state index contributed by atoms with van der Waals surface area (Å²) in [5.41, 5.74) is 6.08. The molecule has 418 valence electrons. The smallest absolute Gasteiger partial charge is 0.398 e. The van der Waals surface area contributed by atoms with E-state index in [9.17, 15) is 75.0 Å². The lowest BCUT2D eigenvalue weighted by molar-refractivity contribution is -0.385. The highest BCUT2D eigenvalue weighted by Gasteiger charge is 2.22. The number of rotatable bonds is 25. The Morgan fingerprint density at radius 1 is 0.662 bits per heavy atom. The summed E-state index contributed by atoms with van der Waals surface area (Å²) in [5.74, 6) is -2.44. The average molecular weight is 1230 g/mol. The van der Waals surface area contributed by atoms with Crippen molar-refractivity contribution in [2.45, 2.75) is 39.3 Å². The molecule has 5 aromatic rings. The zero-order valence-electron chi connectivity index (χ0n) is 39.2. The molecule has 1 heterocycles. The van der Waals surface area contributed by atoms with Crippen LogP contribution in [0, 0.1) is 17.0 Å². The van der Waals surface area contributed by atoms with Crippen LogP contribution in [0.5, 0.6) is 0 Å². The van der Waals surface area contributed by atoms with Crippen molar-refractivity contribution in [1.82, 2.24) is 15.0 Å². The minimum atomic E-state index is -5.03. The zero-order valence-corrected chi connectivity index (χ0v) is 45.8. The Kier molecular flexibility index (Phi) is 21.9. The van der Waals surface area contributed by atoms with Gasteiger partial charge in [-0.1, -0.05) is 6.07 Å². The van der Waals surface area contributed by atoms with Crippen molar-refractivity contribution in [3.05, 3.63) is 82.4 Å². The van der Waals surface area contributed by atoms with Crippen LogP contribution in [0.3, 0.4) is 0 Å². The van der Waals surface area contributed by atoms with Gasteiger partial charge in [0.25, 0.3) is 56.3 Å². The van der Waals surface area contributed by atoms with E-state index in [4.69, 9.17) is 18.4 Å². The van der Waals surface area contributed by atoms with E-state index in [0.717, 1.165) is 47.8 Å². The number of nitro groups is 1. The van der Waals surface area contributed by atoms with Gasteiger partial charge >= 0.3 is 10.6 Å². The highest BCUT2D eigenvalue weighted by atomic mass is 32.2. The molecule has 9 N–H and O–H groups in total. The summed E-state index contributed by atoms with van der Waals surface area (Å²) in [5, 5.41) is 34.0. The number of nitrogen functional groups attached to an aromatic ring is 1. The molecule has 0 atom stereocenters. The van der Waals surface area contributed by atoms with E-state index in [-0.39, 0.29) is 87.8 Å². The topological polar surface area (TPSA) is 508 Å². The third-order valence-corrected chi connectivity index (χ3v) is 15.6. The van der Waals surface area contributed by atoms with Gasteiger partial charge in [0.2, 0.25) is 17.8 Å². The van der Waals surface area contributed by atoms with E-state index in [2.05, 4.69) is 46.0 Å². The van der Waals surface area contributed by atoms with Crippen LogP contribution in [-0.4, -0.2) is 140 Å². The molecule has 0 radical (unpaired) electrons. The summed E-state index contributed by atoms with van der Waals surface area (Å²) in [7, 11) is -24.5. The first-order chi connectivity index (χ1) is 35.6. The van der Waals surface area contributed by atoms with Gasteiger partial charge in [-0.05, 0) is 85.4 Å². The molecule has 77 heavy (non-hydrogen) atoms. The Bertz CT molecular complexity index is 3800. The van der Waals surface area contributed by atoms with E-state index in [0.29, 0.717) is 16.5 Å². The van der Waals surface area contributed by atoms with Crippen LogP contribution in [0.25, 0.3) is 0 Å². The Hall–Kier alpha value is -6.44. The second kappa shape index (κ2) is 26.7. The van der Waals surface area contributed by atoms with Crippen molar-refractivity contribution in [1.29, 1.82) is 0 Å². The number of azo groups is 2. The number of anilines is 6. The Morgan fingerprint density at radius 2 is 1.19 bits per heavy atom. The number of nitro benzene ring substituents is 1. The monoisotopic (exact) mass is 1230 g/mol. The van der Waals surface area contributed by atoms with Gasteiger partial charge in [0.1, 0.15) is 16.3 Å². The molecule has 0 unspecified atom stereocenters. The SMILES string of the molecule is Cc1cc(N=Nc2cc(SCCCS(=O)(=O)O)c(N)cc2Nc2nc(Nc3cccc(S(=O)(=O)O)c3)nc(N(C)CCS(=O)(=O)O)n2)c(SCCCS(=O)(=O)O)cc1N=Nc1ccc([N+](=O)[O-])cc1S(=O)(=O)O.O=S(=O)=O. The second-order valence-electron chi connectivity index (χ2n) is 15.2. The van der Waals surface area contributed by atoms with Crippen LogP contribution in [0.1, 0.15) is 18.4 Å². The molecule has 0 aliphatic heterocycles. The average Bonchev–Trinajstić information content (AvgIpc) is 3.29. The second-order valence-corrected chi connectivity index (χ2v) is 25.4. The summed E-state index contributed by atoms with van der Waals surface area (Å²) in [4.78, 5) is 23.9. The number of nitrogens with zero attached hydrogens (tertiary/aromatic N) is 9. The number of aryl methyl sites for hydroxylation is 1. The highest BCUT2D eigenvalue weighted by Crippen LogP contribution is 2.42. The Balaban J connectivity index is 0.00000309. The van der Waals surface area contributed by atoms with Crippen LogP contribution in [0.15, 0.2) is 107 Å². The van der Waals surface area contributed by atoms with Gasteiger partial charge in [-0.3, -0.25) is 32.9 Å². The number of hydrogen-bond acceptors (Lipinski definition) is 28. The fourth-order valence-corrected chi connectivity index (χ4v) is 10.7. The predicted molar refractivity (Wildman–Crippen MR) is 279 cm³/mol. The molecule has 0 bridgehead atoms. The van der Waals surface area contributed by atoms with Crippen LogP contribution in [0.2, 0.25) is 0 Å². The lowest BCUT2D eigenvalue weighted by Gasteiger charge is -2.19. The van der Waals surface area contributed by atoms with E-state index >= 15 is 0 Å². The number of nitrogens with one attached hydrogen (secondary N) is 2. The van der Waals surface area contributed by atoms with Crippen molar-refractivity contribution in [3.63, 3.8) is 0 Å². The largest absolute Gasteiger partial charge is 0.425 e. The van der Waals surface area contributed by atoms with Gasteiger partial charge in [-0.25, -0.2) is 0 Å². The van der Waals surface area contributed by atoms with Crippen LogP contribution < -0.4 is 21.3 Å². The summed E-state index contributed by atoms with van der Waals surface area (Å²) < 4.78 is 190. The number of aromatic nitrogens is 3. The maximum Gasteiger partial charge on any atom is 0.425 e. The molecule has 0 amide bonds. The molecule has 0 fully saturated rings. The molecule has 5 rings (SSSR count). The molecule has 4 aromatic carbocycles. The van der Waals surface area contributed by atoms with Crippen molar-refractivity contribution in [2.75, 3.05) is 63.6 Å². The van der Waals surface area contributed by atoms with Crippen LogP contribution in [-0.2, 0) is 61.2 Å². The third kappa shape index (κ3) is 21.8. The molecule has 40 heteroatoms. The molecule has 0 aliphatic carbocycles. The Morgan fingerprint density at radius 3 is 1.75 bits per heavy atom. The summed E-state index contributed by atoms with van der Waals surface area (Å²) in [6.07, 6.45) is -0.0544. The van der Waals surface area contributed by atoms with E-state index < -0.39 is 105 Å². The van der Waals surface area contributed by atoms with E-state index in [1.165, 1.54) is 48.3 Å². The zero-order chi connectivity index (χ0) is 57.7. The maximum atomic E-state index is 12.1. The van der Waals surface area contributed by atoms with Crippen molar-refractivity contribution < 1.29 is 82.4 Å². The summed E-state index contributed by atoms with van der Waals surface area (Å²) >= 11 is 2.12. The quantitative estimate of drug-likeness (QED) is 0.00676. The van der Waals surface area contributed by atoms with Gasteiger partial charge in [-0.2, -0.15) is 62.2 Å². The van der Waals surface area contributed by atoms with Gasteiger partial charge in [0.15, 0.2) is 0 Å². The van der Waals surface area contributed by atoms with Gasteiger partial charge in [0.05, 0.1) is 44.1 Å². The minimum absolute atomic E-state index is 0.00295. The number of non-ortho nitro benzene ring substituents is 1. The Labute approximate surface area is 448 Å². The third-order valence-electron chi connectivity index (χ3n) is 9.26. The first-order valence-corrected chi connectivity index (χ1v) is 31.4. The first kappa shape index (κ1) is 63.1. The normalized spacial score (nSPS) is 12.3. The first-order valence-electron chi connectivity index (χ1n) is 20.7. The standard InChI is InChI=1S/C37H42N12O17S7.O3S/c1-22-16-31(33(68-12-5-14-70(55,56)57)20-28(22)45-44-27-9-8-24(49(50)51)18-34(27)73(64,65)66)47-46-30-21-32(67-11-4-13-69(52,53)54)26(38)19-29(30)40-36-41-35(39-23-6-3-7-25(17-23)72(61,62)63)42-37(43-36)48(2)10-15-71(58,59)60;1-4(2)3/h3,6-9,16-21H,4-5,10-15,38H2,1-2H3,(H,52,53,54)(H,55,56,57)(H,58,59,60)(H,61,62,63)(H,64,65,66)(H2,39,40,41,42,43);. The molecule has 32 nitrogen and oxygen atoms in total. The molecule has 0 saturated heterocycles. The van der Waals surface area contributed by atoms with Gasteiger partial charge < -0.3 is 21.3 Å². The minimum Gasteiger partial charge on any atom is -0.398 e. The molecule has 0 spiro atoms. The lowest BCUT2D eigenvalue weighted by atomic mass is 10.2. The maximum absolute atomic E-state index is 12.1. The van der Waals surface area contributed by atoms with Crippen LogP contribution in [0.4, 0.5) is 63.3 Å². The van der Waals surface area contributed by atoms with Gasteiger partial charge in [0, 0.05) is 46.9 Å². The van der Waals surface area contributed by atoms with Crippen molar-refractivity contribution >= 4 is 148 Å². The molecular weight excluding hydrogens is 1190 g/mol.